The molecule has 7 heteroatoms. The first-order valence-corrected chi connectivity index (χ1v) is 9.47. The van der Waals surface area contributed by atoms with Crippen LogP contribution in [0.2, 0.25) is 0 Å². The summed E-state index contributed by atoms with van der Waals surface area (Å²) < 4.78 is 11.0. The third-order valence-electron chi connectivity index (χ3n) is 6.08. The van der Waals surface area contributed by atoms with Crippen LogP contribution >= 0.6 is 0 Å². The lowest BCUT2D eigenvalue weighted by Crippen LogP contribution is -2.52. The summed E-state index contributed by atoms with van der Waals surface area (Å²) in [6, 6.07) is 11.7. The van der Waals surface area contributed by atoms with E-state index in [2.05, 4.69) is 30.0 Å². The van der Waals surface area contributed by atoms with E-state index in [-0.39, 0.29) is 11.6 Å². The van der Waals surface area contributed by atoms with E-state index >= 15 is 0 Å². The summed E-state index contributed by atoms with van der Waals surface area (Å²) in [6.45, 7) is 4.14. The van der Waals surface area contributed by atoms with Gasteiger partial charge in [-0.1, -0.05) is 25.1 Å². The van der Waals surface area contributed by atoms with Crippen molar-refractivity contribution in [3.05, 3.63) is 35.4 Å². The zero-order valence-electron chi connectivity index (χ0n) is 16.8. The molecule has 2 aliphatic rings. The number of ether oxygens (including phenoxy) is 2. The quantitative estimate of drug-likeness (QED) is 0.791. The van der Waals surface area contributed by atoms with Crippen LogP contribution in [0.25, 0.3) is 0 Å². The molecule has 1 N–H and O–H groups in total. The summed E-state index contributed by atoms with van der Waals surface area (Å²) in [7, 11) is 3.05. The van der Waals surface area contributed by atoms with Gasteiger partial charge in [0.05, 0.1) is 38.1 Å². The van der Waals surface area contributed by atoms with Crippen molar-refractivity contribution in [1.29, 1.82) is 21.2 Å². The summed E-state index contributed by atoms with van der Waals surface area (Å²) >= 11 is 0. The molecular weight excluding hydrogens is 366 g/mol. The molecule has 29 heavy (non-hydrogen) atoms. The Morgan fingerprint density at radius 1 is 1.21 bits per heavy atom. The van der Waals surface area contributed by atoms with Gasteiger partial charge in [0.2, 0.25) is 0 Å². The molecule has 7 nitrogen and oxygen atoms in total. The smallest absolute Gasteiger partial charge is 0.189 e. The standard InChI is InChI=1S/C22H23N5O2/c1-4-27-9-8-14-16(10-23)21(26)22(12-24,13-25)19(17(14)11-27)15-6-5-7-18(28-2)20(15)29-3/h5-8,16-17,19,26H,4,9,11H2,1-3H3/t16?,17-,19-/m1/s1. The van der Waals surface area contributed by atoms with Crippen LogP contribution in [0, 0.1) is 56.7 Å². The summed E-state index contributed by atoms with van der Waals surface area (Å²) in [6.07, 6.45) is 1.98. The zero-order chi connectivity index (χ0) is 21.2. The number of nitriles is 3. The average molecular weight is 389 g/mol. The Labute approximate surface area is 170 Å². The van der Waals surface area contributed by atoms with Crippen molar-refractivity contribution < 1.29 is 9.47 Å². The molecule has 1 fully saturated rings. The number of likely N-dealkylation sites (N-methyl/N-ethyl adjacent to an activating group) is 1. The molecular formula is C22H23N5O2. The maximum atomic E-state index is 10.1. The molecule has 0 radical (unpaired) electrons. The molecule has 1 aromatic rings. The van der Waals surface area contributed by atoms with E-state index in [1.54, 1.807) is 12.1 Å². The first kappa shape index (κ1) is 20.4. The van der Waals surface area contributed by atoms with Crippen molar-refractivity contribution >= 4 is 5.71 Å². The number of fused-ring (bicyclic) bond motifs is 1. The Morgan fingerprint density at radius 2 is 1.93 bits per heavy atom. The fraction of sp³-hybridized carbons (Fsp3) is 0.455. The summed E-state index contributed by atoms with van der Waals surface area (Å²) in [5.41, 5.74) is -0.464. The van der Waals surface area contributed by atoms with E-state index in [0.29, 0.717) is 30.2 Å². The van der Waals surface area contributed by atoms with Crippen LogP contribution in [0.3, 0.4) is 0 Å². The topological polar surface area (TPSA) is 117 Å². The van der Waals surface area contributed by atoms with E-state index in [4.69, 9.17) is 14.9 Å². The molecule has 0 saturated heterocycles. The number of methoxy groups -OCH3 is 2. The molecule has 0 amide bonds. The monoisotopic (exact) mass is 389 g/mol. The Morgan fingerprint density at radius 3 is 2.48 bits per heavy atom. The molecule has 0 aromatic heterocycles. The minimum atomic E-state index is -1.77. The van der Waals surface area contributed by atoms with Gasteiger partial charge in [-0.15, -0.1) is 0 Å². The fourth-order valence-electron chi connectivity index (χ4n) is 4.63. The summed E-state index contributed by atoms with van der Waals surface area (Å²) in [5.74, 6) is -0.836. The van der Waals surface area contributed by atoms with Gasteiger partial charge in [-0.05, 0) is 18.2 Å². The highest BCUT2D eigenvalue weighted by molar-refractivity contribution is 6.01. The van der Waals surface area contributed by atoms with Crippen molar-refractivity contribution in [3.8, 4) is 29.7 Å². The Hall–Kier alpha value is -3.34. The third kappa shape index (κ3) is 2.94. The number of nitrogens with one attached hydrogen (secondary N) is 1. The molecule has 0 bridgehead atoms. The highest BCUT2D eigenvalue weighted by Crippen LogP contribution is 2.56. The third-order valence-corrected chi connectivity index (χ3v) is 6.08. The second-order valence-corrected chi connectivity index (χ2v) is 7.23. The lowest BCUT2D eigenvalue weighted by molar-refractivity contribution is 0.209. The Kier molecular flexibility index (Phi) is 5.59. The summed E-state index contributed by atoms with van der Waals surface area (Å²) in [5, 5.41) is 38.7. The van der Waals surface area contributed by atoms with Gasteiger partial charge in [-0.2, -0.15) is 15.8 Å². The maximum Gasteiger partial charge on any atom is 0.189 e. The van der Waals surface area contributed by atoms with Gasteiger partial charge in [-0.3, -0.25) is 4.90 Å². The Bertz CT molecular complexity index is 964. The van der Waals surface area contributed by atoms with Gasteiger partial charge in [0.1, 0.15) is 5.92 Å². The number of rotatable bonds is 4. The molecule has 1 aliphatic heterocycles. The van der Waals surface area contributed by atoms with Crippen LogP contribution in [0.1, 0.15) is 18.4 Å². The minimum absolute atomic E-state index is 0.160. The van der Waals surface area contributed by atoms with Crippen LogP contribution in [0.5, 0.6) is 11.5 Å². The number of hydrogen-bond acceptors (Lipinski definition) is 7. The van der Waals surface area contributed by atoms with Crippen molar-refractivity contribution in [1.82, 2.24) is 4.90 Å². The lowest BCUT2D eigenvalue weighted by Gasteiger charge is -2.47. The van der Waals surface area contributed by atoms with Crippen molar-refractivity contribution in [2.45, 2.75) is 12.8 Å². The van der Waals surface area contributed by atoms with Gasteiger partial charge in [-0.25, -0.2) is 0 Å². The Balaban J connectivity index is 2.33. The average Bonchev–Trinajstić information content (AvgIpc) is 2.77. The van der Waals surface area contributed by atoms with Gasteiger partial charge < -0.3 is 14.9 Å². The molecule has 1 unspecified atom stereocenters. The van der Waals surface area contributed by atoms with Crippen LogP contribution in [0.4, 0.5) is 0 Å². The van der Waals surface area contributed by atoms with Crippen molar-refractivity contribution in [2.24, 2.45) is 17.3 Å². The fourth-order valence-corrected chi connectivity index (χ4v) is 4.63. The molecule has 3 atom stereocenters. The van der Waals surface area contributed by atoms with Gasteiger partial charge in [0.15, 0.2) is 16.9 Å². The van der Waals surface area contributed by atoms with Crippen molar-refractivity contribution in [2.75, 3.05) is 33.9 Å². The molecule has 1 aliphatic carbocycles. The number of nitrogens with zero attached hydrogens (tertiary/aromatic N) is 4. The summed E-state index contributed by atoms with van der Waals surface area (Å²) in [4.78, 5) is 2.21. The van der Waals surface area contributed by atoms with Gasteiger partial charge in [0, 0.05) is 30.5 Å². The molecule has 0 spiro atoms. The number of hydrogen-bond donors (Lipinski definition) is 1. The molecule has 3 rings (SSSR count). The van der Waals surface area contributed by atoms with E-state index in [1.807, 2.05) is 12.1 Å². The molecule has 148 valence electrons. The second-order valence-electron chi connectivity index (χ2n) is 7.23. The van der Waals surface area contributed by atoms with E-state index < -0.39 is 17.3 Å². The maximum absolute atomic E-state index is 10.1. The zero-order valence-corrected chi connectivity index (χ0v) is 16.8. The van der Waals surface area contributed by atoms with Crippen LogP contribution in [-0.4, -0.2) is 44.5 Å². The SMILES string of the molecule is CCN1CC=C2C(C#N)C(=N)C(C#N)(C#N)[C@H](c3cccc(OC)c3OC)[C@@H]2C1. The van der Waals surface area contributed by atoms with E-state index in [0.717, 1.165) is 12.1 Å². The van der Waals surface area contributed by atoms with Crippen LogP contribution in [-0.2, 0) is 0 Å². The first-order chi connectivity index (χ1) is 14.0. The normalized spacial score (nSPS) is 25.6. The molecule has 1 heterocycles. The van der Waals surface area contributed by atoms with E-state index in [1.165, 1.54) is 14.2 Å². The van der Waals surface area contributed by atoms with E-state index in [9.17, 15) is 15.8 Å². The minimum Gasteiger partial charge on any atom is -0.493 e. The molecule has 1 aromatic carbocycles. The number of para-hydroxylation sites is 1. The highest BCUT2D eigenvalue weighted by atomic mass is 16.5. The predicted molar refractivity (Wildman–Crippen MR) is 106 cm³/mol. The molecule has 1 saturated carbocycles. The van der Waals surface area contributed by atoms with Crippen molar-refractivity contribution in [3.63, 3.8) is 0 Å². The van der Waals surface area contributed by atoms with Gasteiger partial charge in [0.25, 0.3) is 0 Å². The van der Waals surface area contributed by atoms with Crippen LogP contribution < -0.4 is 9.47 Å². The lowest BCUT2D eigenvalue weighted by atomic mass is 9.54. The van der Waals surface area contributed by atoms with Gasteiger partial charge >= 0.3 is 0 Å². The highest BCUT2D eigenvalue weighted by Gasteiger charge is 2.58. The first-order valence-electron chi connectivity index (χ1n) is 9.47. The second kappa shape index (κ2) is 7.95. The predicted octanol–water partition coefficient (Wildman–Crippen LogP) is 2.87. The largest absolute Gasteiger partial charge is 0.493 e. The van der Waals surface area contributed by atoms with Crippen LogP contribution in [0.15, 0.2) is 29.8 Å². The number of benzene rings is 1.